The van der Waals surface area contributed by atoms with Gasteiger partial charge in [0.2, 0.25) is 0 Å². The quantitative estimate of drug-likeness (QED) is 0.732. The number of carbonyl (C=O) groups is 1. The molecule has 0 saturated heterocycles. The van der Waals surface area contributed by atoms with Crippen molar-refractivity contribution >= 4 is 15.6 Å². The summed E-state index contributed by atoms with van der Waals surface area (Å²) in [7, 11) is -2.30. The van der Waals surface area contributed by atoms with E-state index in [4.69, 9.17) is 0 Å². The molecule has 0 rings (SSSR count). The molecule has 0 aliphatic rings. The first-order valence-corrected chi connectivity index (χ1v) is 7.02. The second-order valence-corrected chi connectivity index (χ2v) is 7.17. The van der Waals surface area contributed by atoms with Crippen LogP contribution in [0.1, 0.15) is 40.5 Å². The lowest BCUT2D eigenvalue weighted by molar-refractivity contribution is -0.124. The van der Waals surface area contributed by atoms with Crippen LogP contribution in [0.5, 0.6) is 0 Å². The Kier molecular flexibility index (Phi) is 4.78. The number of nitrogens with zero attached hydrogens (tertiary/aromatic N) is 1. The average molecular weight is 219 g/mol. The highest BCUT2D eigenvalue weighted by molar-refractivity contribution is 7.93. The molecule has 1 unspecified atom stereocenters. The lowest BCUT2D eigenvalue weighted by Crippen LogP contribution is -2.20. The van der Waals surface area contributed by atoms with Gasteiger partial charge in [0.15, 0.2) is 0 Å². The van der Waals surface area contributed by atoms with Gasteiger partial charge in [0.25, 0.3) is 5.91 Å². The molecule has 0 spiro atoms. The molecule has 0 aromatic heterocycles. The Morgan fingerprint density at radius 1 is 1.36 bits per heavy atom. The van der Waals surface area contributed by atoms with Crippen molar-refractivity contribution in [3.05, 3.63) is 0 Å². The molecule has 1 atom stereocenters. The fourth-order valence-corrected chi connectivity index (χ4v) is 2.31. The Morgan fingerprint density at radius 2 is 1.86 bits per heavy atom. The zero-order chi connectivity index (χ0) is 11.4. The Bertz CT molecular complexity index is 307. The van der Waals surface area contributed by atoms with Crippen LogP contribution in [0.4, 0.5) is 0 Å². The minimum atomic E-state index is -2.30. The van der Waals surface area contributed by atoms with E-state index >= 15 is 0 Å². The van der Waals surface area contributed by atoms with Crippen molar-refractivity contribution in [2.24, 2.45) is 9.78 Å². The summed E-state index contributed by atoms with van der Waals surface area (Å²) < 4.78 is 15.6. The highest BCUT2D eigenvalue weighted by Gasteiger charge is 2.22. The molecule has 0 saturated carbocycles. The highest BCUT2D eigenvalue weighted by Crippen LogP contribution is 2.16. The molecule has 0 N–H and O–H groups in total. The summed E-state index contributed by atoms with van der Waals surface area (Å²) in [6.07, 6.45) is 3.40. The first-order valence-electron chi connectivity index (χ1n) is 4.93. The van der Waals surface area contributed by atoms with Crippen molar-refractivity contribution in [3.63, 3.8) is 0 Å². The second-order valence-electron chi connectivity index (χ2n) is 4.66. The summed E-state index contributed by atoms with van der Waals surface area (Å²) in [5, 5.41) is 0. The molecule has 0 aromatic rings. The van der Waals surface area contributed by atoms with Crippen LogP contribution < -0.4 is 0 Å². The van der Waals surface area contributed by atoms with Crippen LogP contribution in [0, 0.1) is 5.41 Å². The Hall–Kier alpha value is -0.380. The molecule has 0 radical (unpaired) electrons. The zero-order valence-electron chi connectivity index (χ0n) is 9.79. The minimum absolute atomic E-state index is 0.263. The van der Waals surface area contributed by atoms with Crippen LogP contribution >= 0.6 is 0 Å². The van der Waals surface area contributed by atoms with Gasteiger partial charge in [0.05, 0.1) is 9.73 Å². The number of hydrogen-bond donors (Lipinski definition) is 0. The van der Waals surface area contributed by atoms with Gasteiger partial charge in [-0.05, 0) is 6.42 Å². The molecule has 14 heavy (non-hydrogen) atoms. The van der Waals surface area contributed by atoms with Crippen LogP contribution in [0.2, 0.25) is 0 Å². The van der Waals surface area contributed by atoms with E-state index in [1.54, 1.807) is 27.0 Å². The van der Waals surface area contributed by atoms with Gasteiger partial charge in [-0.1, -0.05) is 34.1 Å². The van der Waals surface area contributed by atoms with Gasteiger partial charge >= 0.3 is 0 Å². The Morgan fingerprint density at radius 3 is 2.21 bits per heavy atom. The summed E-state index contributed by atoms with van der Waals surface area (Å²) in [5.74, 6) is 0.256. The SMILES string of the molecule is CCCCS(C)(=O)=NC(=O)C(C)(C)C. The molecule has 0 bridgehead atoms. The van der Waals surface area contributed by atoms with E-state index in [2.05, 4.69) is 4.36 Å². The van der Waals surface area contributed by atoms with Crippen LogP contribution in [0.15, 0.2) is 4.36 Å². The van der Waals surface area contributed by atoms with Gasteiger partial charge in [-0.25, -0.2) is 4.21 Å². The molecule has 0 heterocycles. The number of carbonyl (C=O) groups excluding carboxylic acids is 1. The predicted octanol–water partition coefficient (Wildman–Crippen LogP) is 2.46. The number of unbranched alkanes of at least 4 members (excludes halogenated alkanes) is 1. The maximum Gasteiger partial charge on any atom is 0.259 e. The third-order valence-electron chi connectivity index (χ3n) is 1.79. The fourth-order valence-electron chi connectivity index (χ4n) is 0.770. The topological polar surface area (TPSA) is 46.5 Å². The third kappa shape index (κ3) is 5.37. The molecular formula is C10H21NO2S. The molecule has 0 aromatic carbocycles. The van der Waals surface area contributed by atoms with Gasteiger partial charge in [-0.15, -0.1) is 0 Å². The number of amides is 1. The smallest absolute Gasteiger partial charge is 0.259 e. The third-order valence-corrected chi connectivity index (χ3v) is 3.39. The van der Waals surface area contributed by atoms with Crippen molar-refractivity contribution in [2.75, 3.05) is 12.0 Å². The van der Waals surface area contributed by atoms with E-state index in [9.17, 15) is 9.00 Å². The molecule has 0 aliphatic heterocycles. The minimum Gasteiger partial charge on any atom is -0.271 e. The van der Waals surface area contributed by atoms with Gasteiger partial charge in [-0.2, -0.15) is 4.36 Å². The van der Waals surface area contributed by atoms with Crippen LogP contribution in [0.25, 0.3) is 0 Å². The summed E-state index contributed by atoms with van der Waals surface area (Å²) in [6.45, 7) is 7.39. The zero-order valence-corrected chi connectivity index (χ0v) is 10.6. The van der Waals surface area contributed by atoms with E-state index in [1.807, 2.05) is 6.92 Å². The van der Waals surface area contributed by atoms with Crippen molar-refractivity contribution in [2.45, 2.75) is 40.5 Å². The maximum absolute atomic E-state index is 11.8. The van der Waals surface area contributed by atoms with Crippen LogP contribution in [-0.4, -0.2) is 22.1 Å². The molecule has 1 amide bonds. The average Bonchev–Trinajstić information content (AvgIpc) is 1.98. The lowest BCUT2D eigenvalue weighted by atomic mass is 9.96. The van der Waals surface area contributed by atoms with Crippen molar-refractivity contribution in [1.82, 2.24) is 0 Å². The monoisotopic (exact) mass is 219 g/mol. The molecular weight excluding hydrogens is 198 g/mol. The van der Waals surface area contributed by atoms with E-state index in [-0.39, 0.29) is 5.91 Å². The first-order chi connectivity index (χ1) is 6.19. The van der Waals surface area contributed by atoms with Gasteiger partial charge < -0.3 is 0 Å². The van der Waals surface area contributed by atoms with Gasteiger partial charge in [0.1, 0.15) is 0 Å². The van der Waals surface area contributed by atoms with E-state index in [0.717, 1.165) is 12.8 Å². The van der Waals surface area contributed by atoms with Gasteiger partial charge in [-0.3, -0.25) is 4.79 Å². The summed E-state index contributed by atoms with van der Waals surface area (Å²) in [6, 6.07) is 0. The highest BCUT2D eigenvalue weighted by atomic mass is 32.2. The summed E-state index contributed by atoms with van der Waals surface area (Å²) >= 11 is 0. The molecule has 84 valence electrons. The summed E-state index contributed by atoms with van der Waals surface area (Å²) in [4.78, 5) is 11.5. The normalized spacial score (nSPS) is 16.1. The van der Waals surface area contributed by atoms with E-state index in [0.29, 0.717) is 5.75 Å². The summed E-state index contributed by atoms with van der Waals surface area (Å²) in [5.41, 5.74) is -0.523. The largest absolute Gasteiger partial charge is 0.271 e. The molecule has 3 nitrogen and oxygen atoms in total. The fraction of sp³-hybridized carbons (Fsp3) is 0.900. The van der Waals surface area contributed by atoms with E-state index < -0.39 is 15.1 Å². The molecule has 0 fully saturated rings. The Labute approximate surface area is 87.5 Å². The standard InChI is InChI=1S/C10H21NO2S/c1-6-7-8-14(5,13)11-9(12)10(2,3)4/h6-8H2,1-5H3. The number of rotatable bonds is 3. The van der Waals surface area contributed by atoms with E-state index in [1.165, 1.54) is 0 Å². The van der Waals surface area contributed by atoms with Crippen molar-refractivity contribution in [3.8, 4) is 0 Å². The van der Waals surface area contributed by atoms with Crippen LogP contribution in [0.3, 0.4) is 0 Å². The number of hydrogen-bond acceptors (Lipinski definition) is 2. The van der Waals surface area contributed by atoms with Crippen molar-refractivity contribution in [1.29, 1.82) is 0 Å². The van der Waals surface area contributed by atoms with Crippen LogP contribution in [-0.2, 0) is 14.5 Å². The predicted molar refractivity (Wildman–Crippen MR) is 60.7 cm³/mol. The lowest BCUT2D eigenvalue weighted by Gasteiger charge is -2.13. The first kappa shape index (κ1) is 13.6. The maximum atomic E-state index is 11.8. The second kappa shape index (κ2) is 4.91. The van der Waals surface area contributed by atoms with Gasteiger partial charge in [0, 0.05) is 17.4 Å². The van der Waals surface area contributed by atoms with Crippen molar-refractivity contribution < 1.29 is 9.00 Å². The molecule has 0 aliphatic carbocycles. The Balaban J connectivity index is 4.65. The molecule has 4 heteroatoms.